The summed E-state index contributed by atoms with van der Waals surface area (Å²) >= 11 is 0. The lowest BCUT2D eigenvalue weighted by atomic mass is 10.2. The molecule has 1 N–H and O–H groups in total. The van der Waals surface area contributed by atoms with Crippen LogP contribution in [0.25, 0.3) is 10.9 Å². The smallest absolute Gasteiger partial charge is 0.242 e. The molecule has 1 aromatic heterocycles. The van der Waals surface area contributed by atoms with Crippen LogP contribution in [0.15, 0.2) is 60.7 Å². The van der Waals surface area contributed by atoms with E-state index >= 15 is 0 Å². The first-order valence-electron chi connectivity index (χ1n) is 10.5. The number of carbonyl (C=O) groups excluding carboxylic acids is 2. The quantitative estimate of drug-likeness (QED) is 0.687. The van der Waals surface area contributed by atoms with Gasteiger partial charge in [0.1, 0.15) is 6.54 Å². The summed E-state index contributed by atoms with van der Waals surface area (Å²) in [6.07, 6.45) is 0. The Morgan fingerprint density at radius 2 is 1.60 bits per heavy atom. The van der Waals surface area contributed by atoms with E-state index in [9.17, 15) is 9.59 Å². The van der Waals surface area contributed by atoms with E-state index in [1.54, 1.807) is 0 Å². The first-order valence-corrected chi connectivity index (χ1v) is 10.5. The van der Waals surface area contributed by atoms with E-state index in [0.717, 1.165) is 35.2 Å². The highest BCUT2D eigenvalue weighted by molar-refractivity contribution is 5.84. The average molecular weight is 405 g/mol. The van der Waals surface area contributed by atoms with Crippen LogP contribution in [0.1, 0.15) is 11.3 Å². The van der Waals surface area contributed by atoms with Crippen molar-refractivity contribution in [3.8, 4) is 0 Å². The number of fused-ring (bicyclic) bond motifs is 1. The molecule has 0 bridgehead atoms. The molecule has 0 aliphatic carbocycles. The van der Waals surface area contributed by atoms with Crippen molar-refractivity contribution in [2.45, 2.75) is 20.0 Å². The van der Waals surface area contributed by atoms with Crippen LogP contribution in [0, 0.1) is 6.92 Å². The fraction of sp³-hybridized carbons (Fsp3) is 0.333. The molecule has 2 aromatic carbocycles. The molecule has 0 atom stereocenters. The van der Waals surface area contributed by atoms with Gasteiger partial charge in [-0.2, -0.15) is 0 Å². The maximum Gasteiger partial charge on any atom is 0.242 e. The molecular formula is C24H28N4O2. The van der Waals surface area contributed by atoms with Gasteiger partial charge in [-0.15, -0.1) is 0 Å². The molecule has 30 heavy (non-hydrogen) atoms. The second kappa shape index (κ2) is 9.13. The van der Waals surface area contributed by atoms with Crippen LogP contribution in [0.2, 0.25) is 0 Å². The van der Waals surface area contributed by atoms with Crippen LogP contribution < -0.4 is 5.32 Å². The van der Waals surface area contributed by atoms with Gasteiger partial charge < -0.3 is 14.8 Å². The third-order valence-corrected chi connectivity index (χ3v) is 5.74. The molecule has 1 saturated heterocycles. The van der Waals surface area contributed by atoms with E-state index in [4.69, 9.17) is 0 Å². The van der Waals surface area contributed by atoms with E-state index in [2.05, 4.69) is 33.0 Å². The Morgan fingerprint density at radius 1 is 0.900 bits per heavy atom. The average Bonchev–Trinajstić information content (AvgIpc) is 3.08. The number of hydrogen-bond acceptors (Lipinski definition) is 3. The largest absolute Gasteiger partial charge is 0.351 e. The lowest BCUT2D eigenvalue weighted by Crippen LogP contribution is -2.51. The molecule has 4 rings (SSSR count). The van der Waals surface area contributed by atoms with Crippen molar-refractivity contribution < 1.29 is 9.59 Å². The highest BCUT2D eigenvalue weighted by Crippen LogP contribution is 2.19. The molecule has 6 heteroatoms. The number of para-hydroxylation sites is 1. The number of aromatic nitrogens is 1. The number of amides is 2. The van der Waals surface area contributed by atoms with Crippen LogP contribution in [-0.4, -0.2) is 58.9 Å². The third-order valence-electron chi connectivity index (χ3n) is 5.74. The second-order valence-corrected chi connectivity index (χ2v) is 7.85. The molecule has 156 valence electrons. The summed E-state index contributed by atoms with van der Waals surface area (Å²) in [4.78, 5) is 29.1. The summed E-state index contributed by atoms with van der Waals surface area (Å²) in [5, 5.41) is 4.13. The topological polar surface area (TPSA) is 57.6 Å². The number of carbonyl (C=O) groups is 2. The Kier molecular flexibility index (Phi) is 6.14. The SMILES string of the molecule is Cc1cc2ccccc2n1CC(=O)N1CCN(CC(=O)NCc2ccccc2)CC1. The first-order chi connectivity index (χ1) is 14.6. The van der Waals surface area contributed by atoms with E-state index in [1.807, 2.05) is 54.3 Å². The molecule has 1 aliphatic heterocycles. The molecule has 2 heterocycles. The third kappa shape index (κ3) is 4.71. The fourth-order valence-corrected chi connectivity index (χ4v) is 4.00. The fourth-order valence-electron chi connectivity index (χ4n) is 4.00. The Labute approximate surface area is 177 Å². The molecule has 0 unspecified atom stereocenters. The van der Waals surface area contributed by atoms with Gasteiger partial charge in [-0.3, -0.25) is 14.5 Å². The van der Waals surface area contributed by atoms with E-state index in [-0.39, 0.29) is 11.8 Å². The lowest BCUT2D eigenvalue weighted by Gasteiger charge is -2.34. The van der Waals surface area contributed by atoms with Crippen molar-refractivity contribution in [2.24, 2.45) is 0 Å². The normalized spacial score (nSPS) is 14.8. The van der Waals surface area contributed by atoms with Crippen LogP contribution in [-0.2, 0) is 22.7 Å². The number of benzene rings is 2. The predicted octanol–water partition coefficient (Wildman–Crippen LogP) is 2.41. The predicted molar refractivity (Wildman–Crippen MR) is 118 cm³/mol. The summed E-state index contributed by atoms with van der Waals surface area (Å²) in [7, 11) is 0. The minimum absolute atomic E-state index is 0.0214. The molecule has 0 radical (unpaired) electrons. The highest BCUT2D eigenvalue weighted by Gasteiger charge is 2.23. The molecule has 1 aliphatic rings. The Hall–Kier alpha value is -3.12. The zero-order valence-electron chi connectivity index (χ0n) is 17.4. The Bertz CT molecular complexity index is 1020. The maximum absolute atomic E-state index is 12.9. The van der Waals surface area contributed by atoms with Gasteiger partial charge in [0.2, 0.25) is 11.8 Å². The molecule has 0 spiro atoms. The molecule has 6 nitrogen and oxygen atoms in total. The van der Waals surface area contributed by atoms with Crippen molar-refractivity contribution in [3.63, 3.8) is 0 Å². The Morgan fingerprint density at radius 3 is 2.37 bits per heavy atom. The number of nitrogens with zero attached hydrogens (tertiary/aromatic N) is 3. The van der Waals surface area contributed by atoms with Crippen LogP contribution in [0.5, 0.6) is 0 Å². The van der Waals surface area contributed by atoms with Crippen LogP contribution in [0.3, 0.4) is 0 Å². The van der Waals surface area contributed by atoms with Crippen molar-refractivity contribution in [1.29, 1.82) is 0 Å². The van der Waals surface area contributed by atoms with Gasteiger partial charge in [0.25, 0.3) is 0 Å². The van der Waals surface area contributed by atoms with Crippen molar-refractivity contribution in [2.75, 3.05) is 32.7 Å². The monoisotopic (exact) mass is 404 g/mol. The summed E-state index contributed by atoms with van der Waals surface area (Å²) < 4.78 is 2.08. The van der Waals surface area contributed by atoms with Gasteiger partial charge in [0.05, 0.1) is 6.54 Å². The highest BCUT2D eigenvalue weighted by atomic mass is 16.2. The van der Waals surface area contributed by atoms with Crippen molar-refractivity contribution >= 4 is 22.7 Å². The van der Waals surface area contributed by atoms with Gasteiger partial charge in [-0.1, -0.05) is 48.5 Å². The number of rotatable bonds is 6. The van der Waals surface area contributed by atoms with Crippen molar-refractivity contribution in [3.05, 3.63) is 71.9 Å². The number of piperazine rings is 1. The number of nitrogens with one attached hydrogen (secondary N) is 1. The minimum Gasteiger partial charge on any atom is -0.351 e. The summed E-state index contributed by atoms with van der Waals surface area (Å²) in [5.41, 5.74) is 3.28. The van der Waals surface area contributed by atoms with Gasteiger partial charge >= 0.3 is 0 Å². The van der Waals surface area contributed by atoms with E-state index < -0.39 is 0 Å². The van der Waals surface area contributed by atoms with Gasteiger partial charge in [0, 0.05) is 43.9 Å². The van der Waals surface area contributed by atoms with Crippen LogP contribution >= 0.6 is 0 Å². The summed E-state index contributed by atoms with van der Waals surface area (Å²) in [6.45, 7) is 6.06. The Balaban J connectivity index is 1.25. The van der Waals surface area contributed by atoms with E-state index in [0.29, 0.717) is 32.7 Å². The molecule has 1 fully saturated rings. The molecule has 3 aromatic rings. The lowest BCUT2D eigenvalue weighted by molar-refractivity contribution is -0.133. The number of hydrogen-bond donors (Lipinski definition) is 1. The number of aryl methyl sites for hydroxylation is 1. The minimum atomic E-state index is 0.0214. The van der Waals surface area contributed by atoms with Gasteiger partial charge in [-0.25, -0.2) is 0 Å². The molecule has 2 amide bonds. The second-order valence-electron chi connectivity index (χ2n) is 7.85. The van der Waals surface area contributed by atoms with E-state index in [1.165, 1.54) is 0 Å². The standard InChI is InChI=1S/C24H28N4O2/c1-19-15-21-9-5-6-10-22(21)28(19)18-24(30)27-13-11-26(12-14-27)17-23(29)25-16-20-7-3-2-4-8-20/h2-10,15H,11-14,16-18H2,1H3,(H,25,29). The maximum atomic E-state index is 12.9. The first kappa shape index (κ1) is 20.2. The van der Waals surface area contributed by atoms with Gasteiger partial charge in [-0.05, 0) is 30.0 Å². The van der Waals surface area contributed by atoms with Crippen molar-refractivity contribution in [1.82, 2.24) is 19.7 Å². The molecular weight excluding hydrogens is 376 g/mol. The summed E-state index contributed by atoms with van der Waals surface area (Å²) in [6, 6.07) is 20.2. The van der Waals surface area contributed by atoms with Crippen LogP contribution in [0.4, 0.5) is 0 Å². The zero-order chi connectivity index (χ0) is 20.9. The molecule has 0 saturated carbocycles. The van der Waals surface area contributed by atoms with Gasteiger partial charge in [0.15, 0.2) is 0 Å². The zero-order valence-corrected chi connectivity index (χ0v) is 17.4. The summed E-state index contributed by atoms with van der Waals surface area (Å²) in [5.74, 6) is 0.153.